The van der Waals surface area contributed by atoms with E-state index in [0.717, 1.165) is 21.1 Å². The van der Waals surface area contributed by atoms with Crippen molar-refractivity contribution in [3.8, 4) is 5.75 Å². The third-order valence-electron chi connectivity index (χ3n) is 2.28. The summed E-state index contributed by atoms with van der Waals surface area (Å²) >= 11 is -0.479. The second kappa shape index (κ2) is 7.08. The Morgan fingerprint density at radius 3 is 2.62 bits per heavy atom. The number of aliphatic hydroxyl groups excluding tert-OH is 2. The van der Waals surface area contributed by atoms with Crippen molar-refractivity contribution in [1.29, 1.82) is 0 Å². The number of hydrogen-bond acceptors (Lipinski definition) is 4. The molecule has 0 aliphatic carbocycles. The van der Waals surface area contributed by atoms with Gasteiger partial charge in [-0.05, 0) is 0 Å². The molecule has 1 rings (SSSR count). The number of hydrogen-bond donors (Lipinski definition) is 3. The number of aromatic hydroxyl groups is 1. The first-order valence-electron chi connectivity index (χ1n) is 5.28. The normalized spacial score (nSPS) is 10.7. The van der Waals surface area contributed by atoms with Gasteiger partial charge in [0.1, 0.15) is 0 Å². The first-order valence-corrected chi connectivity index (χ1v) is 8.10. The molecule has 1 aromatic heterocycles. The van der Waals surface area contributed by atoms with Gasteiger partial charge >= 0.3 is 105 Å². The molecule has 4 nitrogen and oxygen atoms in total. The van der Waals surface area contributed by atoms with E-state index in [-0.39, 0.29) is 19.0 Å². The molecule has 0 aliphatic rings. The van der Waals surface area contributed by atoms with E-state index in [0.29, 0.717) is 11.1 Å². The number of pyridine rings is 1. The van der Waals surface area contributed by atoms with Gasteiger partial charge in [-0.25, -0.2) is 0 Å². The van der Waals surface area contributed by atoms with Gasteiger partial charge < -0.3 is 0 Å². The minimum atomic E-state index is -0.479. The van der Waals surface area contributed by atoms with Gasteiger partial charge in [-0.2, -0.15) is 0 Å². The molecule has 0 radical (unpaired) electrons. The maximum absolute atomic E-state index is 9.90. The van der Waals surface area contributed by atoms with Crippen molar-refractivity contribution < 1.29 is 15.3 Å². The van der Waals surface area contributed by atoms with E-state index < -0.39 is 20.9 Å². The Morgan fingerprint density at radius 2 is 2.06 bits per heavy atom. The second-order valence-electron chi connectivity index (χ2n) is 3.43. The van der Waals surface area contributed by atoms with Gasteiger partial charge in [-0.15, -0.1) is 0 Å². The van der Waals surface area contributed by atoms with Gasteiger partial charge in [0.15, 0.2) is 0 Å². The summed E-state index contributed by atoms with van der Waals surface area (Å²) in [4.78, 5) is 4.17. The predicted octanol–water partition coefficient (Wildman–Crippen LogP) is 0.320. The van der Waals surface area contributed by atoms with Crippen molar-refractivity contribution in [3.63, 3.8) is 0 Å². The third-order valence-corrected chi connectivity index (χ3v) is 5.32. The van der Waals surface area contributed by atoms with Crippen LogP contribution in [-0.2, 0) is 13.2 Å². The second-order valence-corrected chi connectivity index (χ2v) is 6.53. The summed E-state index contributed by atoms with van der Waals surface area (Å²) in [5.41, 5.74) is 0.931. The minimum absolute atomic E-state index is 0.0903. The molecule has 5 heteroatoms. The summed E-state index contributed by atoms with van der Waals surface area (Å²) in [5, 5.41) is 28.1. The molecule has 1 heterocycles. The zero-order valence-electron chi connectivity index (χ0n) is 9.31. The summed E-state index contributed by atoms with van der Waals surface area (Å²) in [6, 6.07) is 0. The van der Waals surface area contributed by atoms with Crippen LogP contribution in [0.3, 0.4) is 0 Å². The molecule has 1 aromatic rings. The van der Waals surface area contributed by atoms with Crippen molar-refractivity contribution in [2.75, 3.05) is 0 Å². The maximum atomic E-state index is 9.90. The van der Waals surface area contributed by atoms with Crippen molar-refractivity contribution in [2.24, 2.45) is 0 Å². The van der Waals surface area contributed by atoms with Gasteiger partial charge in [-0.3, -0.25) is 0 Å². The van der Waals surface area contributed by atoms with Crippen LogP contribution in [-0.4, -0.2) is 41.2 Å². The van der Waals surface area contributed by atoms with E-state index in [1.807, 2.05) is 0 Å². The Balaban J connectivity index is 2.86. The summed E-state index contributed by atoms with van der Waals surface area (Å²) in [6.45, 7) is 1.68. The van der Waals surface area contributed by atoms with Crippen LogP contribution in [0, 0.1) is 0 Å². The summed E-state index contributed by atoms with van der Waals surface area (Å²) < 4.78 is 1.84. The molecule has 0 spiro atoms. The Kier molecular flexibility index (Phi) is 6.07. The molecule has 0 amide bonds. The van der Waals surface area contributed by atoms with Gasteiger partial charge in [0.25, 0.3) is 0 Å². The molecule has 90 valence electrons. The SMILES string of the molecule is CCCC[Te]c1ncc(CO)c(CO)c1O. The molecule has 0 saturated heterocycles. The van der Waals surface area contributed by atoms with Crippen LogP contribution in [0.4, 0.5) is 0 Å². The number of aliphatic hydroxyl groups is 2. The zero-order valence-corrected chi connectivity index (χ0v) is 11.6. The number of rotatable bonds is 6. The number of unbranched alkanes of at least 4 members (excludes halogenated alkanes) is 1. The van der Waals surface area contributed by atoms with E-state index in [2.05, 4.69) is 11.9 Å². The molecule has 16 heavy (non-hydrogen) atoms. The average molecular weight is 339 g/mol. The Hall–Kier alpha value is -0.340. The molecule has 0 saturated carbocycles. The number of aromatic nitrogens is 1. The third kappa shape index (κ3) is 3.32. The fourth-order valence-electron chi connectivity index (χ4n) is 1.29. The van der Waals surface area contributed by atoms with E-state index in [9.17, 15) is 5.11 Å². The van der Waals surface area contributed by atoms with Crippen LogP contribution >= 0.6 is 0 Å². The Labute approximate surface area is 105 Å². The molecule has 3 N–H and O–H groups in total. The van der Waals surface area contributed by atoms with Crippen molar-refractivity contribution in [1.82, 2.24) is 4.98 Å². The van der Waals surface area contributed by atoms with Crippen LogP contribution in [0.5, 0.6) is 5.75 Å². The quantitative estimate of drug-likeness (QED) is 0.516. The molecule has 0 aromatic carbocycles. The fraction of sp³-hybridized carbons (Fsp3) is 0.545. The molecule has 0 fully saturated rings. The molecule has 0 unspecified atom stereocenters. The average Bonchev–Trinajstić information content (AvgIpc) is 2.31. The van der Waals surface area contributed by atoms with Gasteiger partial charge in [-0.1, -0.05) is 0 Å². The van der Waals surface area contributed by atoms with Crippen LogP contribution in [0.15, 0.2) is 6.20 Å². The molecular weight excluding hydrogens is 322 g/mol. The van der Waals surface area contributed by atoms with Crippen molar-refractivity contribution >= 4 is 24.7 Å². The fourth-order valence-corrected chi connectivity index (χ4v) is 4.18. The molecule has 0 aliphatic heterocycles. The van der Waals surface area contributed by atoms with Crippen molar-refractivity contribution in [2.45, 2.75) is 37.4 Å². The van der Waals surface area contributed by atoms with E-state index >= 15 is 0 Å². The van der Waals surface area contributed by atoms with Crippen molar-refractivity contribution in [3.05, 3.63) is 17.3 Å². The summed E-state index contributed by atoms with van der Waals surface area (Å²) in [5.74, 6) is 0.0903. The summed E-state index contributed by atoms with van der Waals surface area (Å²) in [7, 11) is 0. The first-order chi connectivity index (χ1) is 7.74. The zero-order chi connectivity index (χ0) is 12.0. The standard InChI is InChI=1S/C11H17NO3Te/c1-2-3-4-16-11-10(15)9(7-14)8(6-13)5-12-11/h5,13-15H,2-4,6-7H2,1H3. The van der Waals surface area contributed by atoms with Gasteiger partial charge in [0.05, 0.1) is 0 Å². The predicted molar refractivity (Wildman–Crippen MR) is 62.9 cm³/mol. The Morgan fingerprint density at radius 1 is 1.31 bits per heavy atom. The van der Waals surface area contributed by atoms with E-state index in [1.54, 1.807) is 6.20 Å². The van der Waals surface area contributed by atoms with E-state index in [4.69, 9.17) is 10.2 Å². The van der Waals surface area contributed by atoms with Crippen LogP contribution in [0.25, 0.3) is 0 Å². The van der Waals surface area contributed by atoms with Gasteiger partial charge in [0.2, 0.25) is 0 Å². The van der Waals surface area contributed by atoms with Crippen LogP contribution in [0.2, 0.25) is 4.47 Å². The van der Waals surface area contributed by atoms with Gasteiger partial charge in [0, 0.05) is 0 Å². The summed E-state index contributed by atoms with van der Waals surface area (Å²) in [6.07, 6.45) is 3.85. The van der Waals surface area contributed by atoms with Crippen LogP contribution < -0.4 is 3.74 Å². The van der Waals surface area contributed by atoms with Crippen LogP contribution in [0.1, 0.15) is 30.9 Å². The Bertz CT molecular complexity index is 344. The topological polar surface area (TPSA) is 73.6 Å². The van der Waals surface area contributed by atoms with E-state index in [1.165, 1.54) is 0 Å². The molecule has 0 bridgehead atoms. The molecule has 0 atom stereocenters. The first kappa shape index (κ1) is 13.7. The number of nitrogens with zero attached hydrogens (tertiary/aromatic N) is 1. The molecular formula is C11H17NO3Te. The monoisotopic (exact) mass is 341 g/mol.